The highest BCUT2D eigenvalue weighted by Crippen LogP contribution is 2.19. The van der Waals surface area contributed by atoms with Crippen molar-refractivity contribution in [1.29, 1.82) is 0 Å². The Balaban J connectivity index is 1.69. The molecule has 0 saturated carbocycles. The van der Waals surface area contributed by atoms with Gasteiger partial charge in [-0.3, -0.25) is 4.79 Å². The normalized spacial score (nSPS) is 14.8. The van der Waals surface area contributed by atoms with Gasteiger partial charge in [0.05, 0.1) is 5.69 Å². The molecule has 3 heterocycles. The van der Waals surface area contributed by atoms with E-state index in [-0.39, 0.29) is 5.91 Å². The third-order valence-corrected chi connectivity index (χ3v) is 4.80. The molecule has 1 saturated heterocycles. The summed E-state index contributed by atoms with van der Waals surface area (Å²) in [5.74, 6) is 1.63. The van der Waals surface area contributed by atoms with Crippen molar-refractivity contribution in [2.24, 2.45) is 0 Å². The average molecular weight is 347 g/mol. The molecule has 8 nitrogen and oxygen atoms in total. The molecule has 1 fully saturated rings. The minimum Gasteiger partial charge on any atom is -0.363 e. The lowest BCUT2D eigenvalue weighted by Crippen LogP contribution is -2.49. The van der Waals surface area contributed by atoms with Gasteiger partial charge in [0.2, 0.25) is 5.95 Å². The first-order valence-corrected chi connectivity index (χ1v) is 8.59. The van der Waals surface area contributed by atoms with E-state index in [2.05, 4.69) is 24.5 Å². The third kappa shape index (κ3) is 3.30. The predicted octanol–water partition coefficient (Wildman–Crippen LogP) is 0.973. The number of amides is 1. The van der Waals surface area contributed by atoms with Crippen LogP contribution < -0.4 is 9.80 Å². The van der Waals surface area contributed by atoms with Crippen LogP contribution in [0.4, 0.5) is 11.8 Å². The molecule has 2 aromatic heterocycles. The molecular weight excluding hydrogens is 326 g/mol. The van der Waals surface area contributed by atoms with Gasteiger partial charge in [-0.05, 0) is 25.4 Å². The quantitative estimate of drug-likeness (QED) is 0.819. The van der Waals surface area contributed by atoms with Crippen LogP contribution in [0.25, 0.3) is 0 Å². The second-order valence-electron chi connectivity index (χ2n) is 6.03. The first-order valence-electron chi connectivity index (χ1n) is 7.82. The van der Waals surface area contributed by atoms with Crippen molar-refractivity contribution in [3.05, 3.63) is 22.3 Å². The van der Waals surface area contributed by atoms with Crippen molar-refractivity contribution >= 4 is 29.2 Å². The third-order valence-electron chi connectivity index (χ3n) is 3.98. The molecule has 0 radical (unpaired) electrons. The molecule has 0 N–H and O–H groups in total. The van der Waals surface area contributed by atoms with Gasteiger partial charge in [-0.1, -0.05) is 4.49 Å². The van der Waals surface area contributed by atoms with E-state index in [1.807, 2.05) is 43.8 Å². The second kappa shape index (κ2) is 6.68. The molecule has 0 aromatic carbocycles. The minimum absolute atomic E-state index is 0.0151. The van der Waals surface area contributed by atoms with Crippen LogP contribution >= 0.6 is 11.5 Å². The number of carbonyl (C=O) groups is 1. The number of nitrogens with zero attached hydrogens (tertiary/aromatic N) is 7. The summed E-state index contributed by atoms with van der Waals surface area (Å²) in [5, 5.41) is 3.92. The van der Waals surface area contributed by atoms with Crippen LogP contribution in [0.2, 0.25) is 0 Å². The van der Waals surface area contributed by atoms with E-state index in [0.717, 1.165) is 29.0 Å². The molecular formula is C15H21N7OS. The summed E-state index contributed by atoms with van der Waals surface area (Å²) >= 11 is 1.16. The van der Waals surface area contributed by atoms with Gasteiger partial charge in [0.1, 0.15) is 10.7 Å². The molecule has 1 aliphatic heterocycles. The Labute approximate surface area is 145 Å². The summed E-state index contributed by atoms with van der Waals surface area (Å²) in [5.41, 5.74) is 1.64. The van der Waals surface area contributed by atoms with Crippen LogP contribution in [0, 0.1) is 13.8 Å². The zero-order valence-electron chi connectivity index (χ0n) is 14.4. The van der Waals surface area contributed by atoms with Crippen molar-refractivity contribution in [2.75, 3.05) is 50.1 Å². The maximum Gasteiger partial charge on any atom is 0.267 e. The van der Waals surface area contributed by atoms with Gasteiger partial charge in [-0.15, -0.1) is 5.10 Å². The summed E-state index contributed by atoms with van der Waals surface area (Å²) in [6.45, 7) is 6.50. The fourth-order valence-corrected chi connectivity index (χ4v) is 3.21. The van der Waals surface area contributed by atoms with Gasteiger partial charge in [0.25, 0.3) is 5.91 Å². The van der Waals surface area contributed by atoms with Gasteiger partial charge in [0.15, 0.2) is 0 Å². The van der Waals surface area contributed by atoms with E-state index >= 15 is 0 Å². The SMILES string of the molecule is Cc1cc(N(C)C)nc(N2CCN(C(=O)c3snnc3C)CC2)n1. The van der Waals surface area contributed by atoms with Crippen LogP contribution in [0.1, 0.15) is 21.1 Å². The Morgan fingerprint density at radius 2 is 1.88 bits per heavy atom. The monoisotopic (exact) mass is 347 g/mol. The highest BCUT2D eigenvalue weighted by molar-refractivity contribution is 7.07. The fourth-order valence-electron chi connectivity index (χ4n) is 2.59. The molecule has 24 heavy (non-hydrogen) atoms. The number of hydrogen-bond acceptors (Lipinski definition) is 8. The van der Waals surface area contributed by atoms with Gasteiger partial charge >= 0.3 is 0 Å². The van der Waals surface area contributed by atoms with Crippen LogP contribution in [-0.2, 0) is 0 Å². The molecule has 9 heteroatoms. The predicted molar refractivity (Wildman–Crippen MR) is 93.9 cm³/mol. The van der Waals surface area contributed by atoms with E-state index < -0.39 is 0 Å². The van der Waals surface area contributed by atoms with E-state index in [1.54, 1.807) is 0 Å². The molecule has 0 aliphatic carbocycles. The molecule has 3 rings (SSSR count). The summed E-state index contributed by atoms with van der Waals surface area (Å²) in [4.78, 5) is 28.2. The molecule has 1 amide bonds. The average Bonchev–Trinajstić information content (AvgIpc) is 2.99. The lowest BCUT2D eigenvalue weighted by molar-refractivity contribution is 0.0750. The van der Waals surface area contributed by atoms with Crippen molar-refractivity contribution in [3.63, 3.8) is 0 Å². The highest BCUT2D eigenvalue weighted by atomic mass is 32.1. The maximum atomic E-state index is 12.5. The number of carbonyl (C=O) groups excluding carboxylic acids is 1. The van der Waals surface area contributed by atoms with Gasteiger partial charge < -0.3 is 14.7 Å². The smallest absolute Gasteiger partial charge is 0.267 e. The van der Waals surface area contributed by atoms with E-state index in [4.69, 9.17) is 0 Å². The molecule has 0 spiro atoms. The summed E-state index contributed by atoms with van der Waals surface area (Å²) in [7, 11) is 3.93. The first-order chi connectivity index (χ1) is 11.5. The Bertz CT molecular complexity index is 737. The molecule has 128 valence electrons. The number of piperazine rings is 1. The maximum absolute atomic E-state index is 12.5. The van der Waals surface area contributed by atoms with Gasteiger partial charge in [-0.2, -0.15) is 4.98 Å². The van der Waals surface area contributed by atoms with Crippen molar-refractivity contribution < 1.29 is 4.79 Å². The zero-order chi connectivity index (χ0) is 17.3. The Hall–Kier alpha value is -2.29. The molecule has 0 bridgehead atoms. The van der Waals surface area contributed by atoms with Crippen molar-refractivity contribution in [2.45, 2.75) is 13.8 Å². The van der Waals surface area contributed by atoms with Gasteiger partial charge in [0, 0.05) is 52.0 Å². The van der Waals surface area contributed by atoms with Crippen LogP contribution in [0.5, 0.6) is 0 Å². The van der Waals surface area contributed by atoms with E-state index in [1.165, 1.54) is 0 Å². The number of aryl methyl sites for hydroxylation is 2. The van der Waals surface area contributed by atoms with Crippen LogP contribution in [0.15, 0.2) is 6.07 Å². The Morgan fingerprint density at radius 1 is 1.17 bits per heavy atom. The van der Waals surface area contributed by atoms with E-state index in [9.17, 15) is 4.79 Å². The Kier molecular flexibility index (Phi) is 4.61. The number of aromatic nitrogens is 4. The summed E-state index contributed by atoms with van der Waals surface area (Å²) < 4.78 is 3.85. The number of rotatable bonds is 3. The molecule has 2 aromatic rings. The minimum atomic E-state index is 0.0151. The highest BCUT2D eigenvalue weighted by Gasteiger charge is 2.26. The standard InChI is InChI=1S/C15H21N7OS/c1-10-9-12(20(3)4)17-15(16-10)22-7-5-21(6-8-22)14(23)13-11(2)18-19-24-13/h9H,5-8H2,1-4H3. The fraction of sp³-hybridized carbons (Fsp3) is 0.533. The number of anilines is 2. The molecule has 1 aliphatic rings. The molecule has 0 unspecified atom stereocenters. The summed E-state index contributed by atoms with van der Waals surface area (Å²) in [6.07, 6.45) is 0. The first kappa shape index (κ1) is 16.6. The Morgan fingerprint density at radius 3 is 2.46 bits per heavy atom. The summed E-state index contributed by atoms with van der Waals surface area (Å²) in [6, 6.07) is 1.96. The van der Waals surface area contributed by atoms with Crippen LogP contribution in [-0.4, -0.2) is 70.6 Å². The number of hydrogen-bond donors (Lipinski definition) is 0. The van der Waals surface area contributed by atoms with Crippen molar-refractivity contribution in [3.8, 4) is 0 Å². The lowest BCUT2D eigenvalue weighted by atomic mass is 10.3. The van der Waals surface area contributed by atoms with E-state index in [0.29, 0.717) is 36.8 Å². The lowest BCUT2D eigenvalue weighted by Gasteiger charge is -2.34. The van der Waals surface area contributed by atoms with Crippen molar-refractivity contribution in [1.82, 2.24) is 24.5 Å². The topological polar surface area (TPSA) is 78.4 Å². The van der Waals surface area contributed by atoms with Crippen LogP contribution in [0.3, 0.4) is 0 Å². The zero-order valence-corrected chi connectivity index (χ0v) is 15.2. The molecule has 0 atom stereocenters. The largest absolute Gasteiger partial charge is 0.363 e. The second-order valence-corrected chi connectivity index (χ2v) is 6.78. The van der Waals surface area contributed by atoms with Gasteiger partial charge in [-0.25, -0.2) is 4.98 Å².